The number of benzene rings is 1. The van der Waals surface area contributed by atoms with Crippen molar-refractivity contribution in [3.05, 3.63) is 24.3 Å². The molecule has 0 spiro atoms. The van der Waals surface area contributed by atoms with Crippen molar-refractivity contribution in [1.82, 2.24) is 15.1 Å². The number of piperazine rings is 1. The Bertz CT molecular complexity index is 593. The Kier molecular flexibility index (Phi) is 5.88. The molecule has 1 saturated carbocycles. The minimum absolute atomic E-state index is 0.0231. The third kappa shape index (κ3) is 5.72. The van der Waals surface area contributed by atoms with Gasteiger partial charge in [-0.15, -0.1) is 0 Å². The highest BCUT2D eigenvalue weighted by Crippen LogP contribution is 2.18. The van der Waals surface area contributed by atoms with E-state index in [-0.39, 0.29) is 11.8 Å². The van der Waals surface area contributed by atoms with Gasteiger partial charge in [-0.25, -0.2) is 0 Å². The molecule has 1 aliphatic carbocycles. The Hall–Kier alpha value is -2.12. The van der Waals surface area contributed by atoms with E-state index in [4.69, 9.17) is 4.74 Å². The van der Waals surface area contributed by atoms with Gasteiger partial charge in [-0.2, -0.15) is 0 Å². The van der Waals surface area contributed by atoms with Gasteiger partial charge < -0.3 is 15.4 Å². The number of amides is 2. The van der Waals surface area contributed by atoms with E-state index in [0.29, 0.717) is 19.1 Å². The van der Waals surface area contributed by atoms with Crippen LogP contribution in [0.25, 0.3) is 0 Å². The fraction of sp³-hybridized carbons (Fsp3) is 0.556. The van der Waals surface area contributed by atoms with Crippen molar-refractivity contribution in [2.45, 2.75) is 18.9 Å². The first kappa shape index (κ1) is 17.7. The summed E-state index contributed by atoms with van der Waals surface area (Å²) in [4.78, 5) is 28.3. The van der Waals surface area contributed by atoms with Gasteiger partial charge in [0.05, 0.1) is 20.2 Å². The molecular weight excluding hydrogens is 320 g/mol. The van der Waals surface area contributed by atoms with E-state index in [1.165, 1.54) is 0 Å². The molecule has 3 rings (SSSR count). The molecule has 0 unspecified atom stereocenters. The third-order valence-corrected chi connectivity index (χ3v) is 4.52. The molecular formula is C18H26N4O3. The van der Waals surface area contributed by atoms with Gasteiger partial charge in [0.25, 0.3) is 0 Å². The molecule has 0 radical (unpaired) electrons. The fourth-order valence-corrected chi connectivity index (χ4v) is 2.89. The third-order valence-electron chi connectivity index (χ3n) is 4.52. The zero-order valence-corrected chi connectivity index (χ0v) is 14.7. The highest BCUT2D eigenvalue weighted by molar-refractivity contribution is 5.92. The number of hydrogen-bond donors (Lipinski definition) is 2. The van der Waals surface area contributed by atoms with Gasteiger partial charge in [0.15, 0.2) is 0 Å². The van der Waals surface area contributed by atoms with E-state index in [0.717, 1.165) is 50.5 Å². The number of rotatable bonds is 7. The van der Waals surface area contributed by atoms with Crippen LogP contribution in [0.5, 0.6) is 5.75 Å². The highest BCUT2D eigenvalue weighted by Gasteiger charge is 2.25. The Morgan fingerprint density at radius 1 is 1.00 bits per heavy atom. The summed E-state index contributed by atoms with van der Waals surface area (Å²) in [5.74, 6) is 0.859. The summed E-state index contributed by atoms with van der Waals surface area (Å²) in [5.41, 5.74) is 0.765. The maximum Gasteiger partial charge on any atom is 0.238 e. The van der Waals surface area contributed by atoms with Gasteiger partial charge in [-0.3, -0.25) is 19.4 Å². The average molecular weight is 346 g/mol. The summed E-state index contributed by atoms with van der Waals surface area (Å²) in [7, 11) is 1.61. The van der Waals surface area contributed by atoms with Crippen molar-refractivity contribution < 1.29 is 14.3 Å². The zero-order chi connectivity index (χ0) is 17.6. The van der Waals surface area contributed by atoms with Gasteiger partial charge in [-0.05, 0) is 37.1 Å². The van der Waals surface area contributed by atoms with Gasteiger partial charge in [-0.1, -0.05) is 0 Å². The molecule has 0 aromatic heterocycles. The standard InChI is InChI=1S/C18H26N4O3/c1-25-16-6-4-15(5-7-16)20-18(24)13-22-10-8-21(9-11-22)12-17(23)19-14-2-3-14/h4-7,14H,2-3,8-13H2,1H3,(H,19,23)(H,20,24). The number of nitrogens with one attached hydrogen (secondary N) is 2. The molecule has 1 aliphatic heterocycles. The lowest BCUT2D eigenvalue weighted by Crippen LogP contribution is -2.51. The number of nitrogens with zero attached hydrogens (tertiary/aromatic N) is 2. The highest BCUT2D eigenvalue weighted by atomic mass is 16.5. The van der Waals surface area contributed by atoms with Crippen LogP contribution in [0, 0.1) is 0 Å². The summed E-state index contributed by atoms with van der Waals surface area (Å²) in [6.45, 7) is 4.05. The number of hydrogen-bond acceptors (Lipinski definition) is 5. The summed E-state index contributed by atoms with van der Waals surface area (Å²) >= 11 is 0. The molecule has 0 atom stereocenters. The molecule has 1 aromatic rings. The van der Waals surface area contributed by atoms with Crippen LogP contribution in [-0.2, 0) is 9.59 Å². The van der Waals surface area contributed by atoms with Gasteiger partial charge in [0.2, 0.25) is 11.8 Å². The van der Waals surface area contributed by atoms with Crippen molar-refractivity contribution in [2.75, 3.05) is 51.7 Å². The lowest BCUT2D eigenvalue weighted by molar-refractivity contribution is -0.123. The van der Waals surface area contributed by atoms with Gasteiger partial charge >= 0.3 is 0 Å². The van der Waals surface area contributed by atoms with Crippen LogP contribution in [0.4, 0.5) is 5.69 Å². The van der Waals surface area contributed by atoms with Gasteiger partial charge in [0, 0.05) is 37.9 Å². The molecule has 0 bridgehead atoms. The molecule has 136 valence electrons. The molecule has 25 heavy (non-hydrogen) atoms. The number of ether oxygens (including phenoxy) is 1. The molecule has 2 aliphatic rings. The predicted molar refractivity (Wildman–Crippen MR) is 95.7 cm³/mol. The van der Waals surface area contributed by atoms with E-state index >= 15 is 0 Å². The van der Waals surface area contributed by atoms with E-state index in [2.05, 4.69) is 20.4 Å². The SMILES string of the molecule is COc1ccc(NC(=O)CN2CCN(CC(=O)NC3CC3)CC2)cc1. The monoisotopic (exact) mass is 346 g/mol. The summed E-state index contributed by atoms with van der Waals surface area (Å²) < 4.78 is 5.10. The maximum atomic E-state index is 12.2. The van der Waals surface area contributed by atoms with E-state index in [9.17, 15) is 9.59 Å². The lowest BCUT2D eigenvalue weighted by atomic mass is 10.3. The van der Waals surface area contributed by atoms with Crippen LogP contribution in [-0.4, -0.2) is 74.0 Å². The van der Waals surface area contributed by atoms with Gasteiger partial charge in [0.1, 0.15) is 5.75 Å². The second kappa shape index (κ2) is 8.31. The van der Waals surface area contributed by atoms with Crippen molar-refractivity contribution in [1.29, 1.82) is 0 Å². The van der Waals surface area contributed by atoms with Crippen LogP contribution in [0.1, 0.15) is 12.8 Å². The van der Waals surface area contributed by atoms with Crippen molar-refractivity contribution in [2.24, 2.45) is 0 Å². The normalized spacial score (nSPS) is 18.6. The first-order valence-electron chi connectivity index (χ1n) is 8.80. The number of methoxy groups -OCH3 is 1. The molecule has 2 fully saturated rings. The Morgan fingerprint density at radius 3 is 2.08 bits per heavy atom. The Morgan fingerprint density at radius 2 is 1.56 bits per heavy atom. The van der Waals surface area contributed by atoms with Crippen molar-refractivity contribution >= 4 is 17.5 Å². The number of anilines is 1. The second-order valence-corrected chi connectivity index (χ2v) is 6.67. The number of carbonyl (C=O) groups is 2. The number of carbonyl (C=O) groups excluding carboxylic acids is 2. The van der Waals surface area contributed by atoms with Crippen molar-refractivity contribution in [3.63, 3.8) is 0 Å². The fourth-order valence-electron chi connectivity index (χ4n) is 2.89. The first-order valence-corrected chi connectivity index (χ1v) is 8.80. The molecule has 1 saturated heterocycles. The zero-order valence-electron chi connectivity index (χ0n) is 14.7. The molecule has 1 aromatic carbocycles. The van der Waals surface area contributed by atoms with Crippen LogP contribution in [0.3, 0.4) is 0 Å². The quantitative estimate of drug-likeness (QED) is 0.753. The molecule has 1 heterocycles. The topological polar surface area (TPSA) is 73.9 Å². The minimum atomic E-state index is -0.0231. The first-order chi connectivity index (χ1) is 12.1. The predicted octanol–water partition coefficient (Wildman–Crippen LogP) is 0.530. The smallest absolute Gasteiger partial charge is 0.238 e. The van der Waals surface area contributed by atoms with Crippen LogP contribution < -0.4 is 15.4 Å². The van der Waals surface area contributed by atoms with E-state index in [1.807, 2.05) is 24.3 Å². The second-order valence-electron chi connectivity index (χ2n) is 6.67. The average Bonchev–Trinajstić information content (AvgIpc) is 3.41. The molecule has 2 N–H and O–H groups in total. The van der Waals surface area contributed by atoms with Crippen LogP contribution in [0.15, 0.2) is 24.3 Å². The molecule has 2 amide bonds. The maximum absolute atomic E-state index is 12.2. The van der Waals surface area contributed by atoms with Crippen LogP contribution in [0.2, 0.25) is 0 Å². The van der Waals surface area contributed by atoms with Crippen LogP contribution >= 0.6 is 0 Å². The Balaban J connectivity index is 1.36. The Labute approximate surface area is 148 Å². The van der Waals surface area contributed by atoms with Crippen molar-refractivity contribution in [3.8, 4) is 5.75 Å². The summed E-state index contributed by atoms with van der Waals surface area (Å²) in [6, 6.07) is 7.71. The molecule has 7 heteroatoms. The minimum Gasteiger partial charge on any atom is -0.497 e. The largest absolute Gasteiger partial charge is 0.497 e. The summed E-state index contributed by atoms with van der Waals surface area (Å²) in [5, 5.41) is 5.91. The van der Waals surface area contributed by atoms with E-state index < -0.39 is 0 Å². The lowest BCUT2D eigenvalue weighted by Gasteiger charge is -2.33. The molecule has 7 nitrogen and oxygen atoms in total. The van der Waals surface area contributed by atoms with E-state index in [1.54, 1.807) is 7.11 Å². The summed E-state index contributed by atoms with van der Waals surface area (Å²) in [6.07, 6.45) is 2.23.